The number of ether oxygens (including phenoxy) is 1. The van der Waals surface area contributed by atoms with Gasteiger partial charge in [-0.05, 0) is 54.8 Å². The lowest BCUT2D eigenvalue weighted by atomic mass is 10.1. The van der Waals surface area contributed by atoms with Gasteiger partial charge in [0.2, 0.25) is 5.78 Å². The number of aryl methyl sites for hydroxylation is 1. The van der Waals surface area contributed by atoms with Gasteiger partial charge in [-0.15, -0.1) is 5.10 Å². The summed E-state index contributed by atoms with van der Waals surface area (Å²) in [5, 5.41) is 11.1. The Balaban J connectivity index is 1.68. The molecule has 0 aliphatic heterocycles. The highest BCUT2D eigenvalue weighted by atomic mass is 16.5. The van der Waals surface area contributed by atoms with Gasteiger partial charge in [0.25, 0.3) is 0 Å². The van der Waals surface area contributed by atoms with Crippen molar-refractivity contribution in [1.29, 1.82) is 0 Å². The van der Waals surface area contributed by atoms with Crippen molar-refractivity contribution in [3.63, 3.8) is 0 Å². The van der Waals surface area contributed by atoms with Gasteiger partial charge in [-0.25, -0.2) is 4.68 Å². The molecule has 7 heteroatoms. The molecule has 3 aromatic rings. The molecule has 27 heavy (non-hydrogen) atoms. The van der Waals surface area contributed by atoms with E-state index in [-0.39, 0.29) is 12.4 Å². The second kappa shape index (κ2) is 8.16. The van der Waals surface area contributed by atoms with Gasteiger partial charge in [0, 0.05) is 29.6 Å². The van der Waals surface area contributed by atoms with Crippen LogP contribution in [0.3, 0.4) is 0 Å². The average Bonchev–Trinajstić information content (AvgIpc) is 3.27. The van der Waals surface area contributed by atoms with Gasteiger partial charge < -0.3 is 9.30 Å². The molecule has 0 saturated heterocycles. The van der Waals surface area contributed by atoms with Crippen molar-refractivity contribution >= 4 is 5.78 Å². The number of carbonyl (C=O) groups excluding carboxylic acids is 1. The van der Waals surface area contributed by atoms with Crippen LogP contribution in [0.2, 0.25) is 0 Å². The minimum Gasteiger partial charge on any atom is -0.485 e. The second-order valence-electron chi connectivity index (χ2n) is 7.08. The van der Waals surface area contributed by atoms with Gasteiger partial charge in [0.05, 0.1) is 5.69 Å². The van der Waals surface area contributed by atoms with Crippen molar-refractivity contribution in [3.05, 3.63) is 53.6 Å². The molecule has 142 valence electrons. The first kappa shape index (κ1) is 18.8. The number of nitrogens with zero attached hydrogens (tertiary/aromatic N) is 5. The number of ketones is 1. The van der Waals surface area contributed by atoms with Crippen LogP contribution in [0.15, 0.2) is 36.7 Å². The molecule has 0 unspecified atom stereocenters. The lowest BCUT2D eigenvalue weighted by Gasteiger charge is -2.11. The largest absolute Gasteiger partial charge is 0.485 e. The zero-order chi connectivity index (χ0) is 19.4. The summed E-state index contributed by atoms with van der Waals surface area (Å²) in [7, 11) is 0. The van der Waals surface area contributed by atoms with Crippen LogP contribution in [0, 0.1) is 19.8 Å². The van der Waals surface area contributed by atoms with E-state index in [1.165, 1.54) is 11.0 Å². The monoisotopic (exact) mass is 367 g/mol. The van der Waals surface area contributed by atoms with Crippen LogP contribution in [0.25, 0.3) is 5.69 Å². The number of rotatable bonds is 8. The lowest BCUT2D eigenvalue weighted by Crippen LogP contribution is -2.13. The maximum Gasteiger partial charge on any atom is 0.202 e. The van der Waals surface area contributed by atoms with E-state index in [4.69, 9.17) is 4.74 Å². The van der Waals surface area contributed by atoms with Crippen LogP contribution in [-0.2, 0) is 6.54 Å². The van der Waals surface area contributed by atoms with E-state index in [9.17, 15) is 4.79 Å². The van der Waals surface area contributed by atoms with E-state index in [0.29, 0.717) is 11.7 Å². The average molecular weight is 367 g/mol. The molecule has 0 aliphatic carbocycles. The van der Waals surface area contributed by atoms with Gasteiger partial charge in [-0.1, -0.05) is 19.9 Å². The first-order valence-corrected chi connectivity index (χ1v) is 9.12. The highest BCUT2D eigenvalue weighted by molar-refractivity contribution is 5.98. The van der Waals surface area contributed by atoms with Crippen molar-refractivity contribution in [1.82, 2.24) is 24.8 Å². The summed E-state index contributed by atoms with van der Waals surface area (Å²) in [5.41, 5.74) is 3.62. The lowest BCUT2D eigenvalue weighted by molar-refractivity contribution is 0.0920. The normalized spacial score (nSPS) is 11.1. The Hall–Kier alpha value is -2.96. The Morgan fingerprint density at radius 1 is 1.22 bits per heavy atom. The number of aromatic nitrogens is 5. The minimum atomic E-state index is -0.0216. The van der Waals surface area contributed by atoms with Gasteiger partial charge in [0.15, 0.2) is 6.61 Å². The molecule has 0 saturated carbocycles. The van der Waals surface area contributed by atoms with E-state index in [1.807, 2.05) is 38.1 Å². The second-order valence-corrected chi connectivity index (χ2v) is 7.08. The fourth-order valence-corrected chi connectivity index (χ4v) is 3.04. The highest BCUT2D eigenvalue weighted by Crippen LogP contribution is 2.19. The number of carbonyl (C=O) groups is 1. The summed E-state index contributed by atoms with van der Waals surface area (Å²) in [6, 6.07) is 9.28. The summed E-state index contributed by atoms with van der Waals surface area (Å²) < 4.78 is 9.48. The molecule has 0 radical (unpaired) electrons. The molecule has 0 spiro atoms. The predicted octanol–water partition coefficient (Wildman–Crippen LogP) is 3.39. The summed E-state index contributed by atoms with van der Waals surface area (Å²) >= 11 is 0. The van der Waals surface area contributed by atoms with Crippen LogP contribution < -0.4 is 4.74 Å². The molecule has 0 amide bonds. The number of benzene rings is 1. The molecule has 0 aliphatic rings. The van der Waals surface area contributed by atoms with Crippen LogP contribution in [0.4, 0.5) is 0 Å². The van der Waals surface area contributed by atoms with E-state index in [0.717, 1.165) is 35.6 Å². The van der Waals surface area contributed by atoms with Crippen LogP contribution in [-0.4, -0.2) is 37.2 Å². The third-order valence-electron chi connectivity index (χ3n) is 4.61. The zero-order valence-corrected chi connectivity index (χ0v) is 16.2. The molecule has 2 aromatic heterocycles. The molecular formula is C20H25N5O2. The number of hydrogen-bond donors (Lipinski definition) is 0. The van der Waals surface area contributed by atoms with Crippen molar-refractivity contribution < 1.29 is 9.53 Å². The smallest absolute Gasteiger partial charge is 0.202 e. The quantitative estimate of drug-likeness (QED) is 0.571. The third-order valence-corrected chi connectivity index (χ3v) is 4.61. The SMILES string of the molecule is Cc1cc(C(=O)COc2cccc(-n3cnnn3)c2)c(C)n1CCC(C)C. The molecule has 2 heterocycles. The summed E-state index contributed by atoms with van der Waals surface area (Å²) in [6.07, 6.45) is 2.60. The Bertz CT molecular complexity index is 913. The van der Waals surface area contributed by atoms with Crippen LogP contribution >= 0.6 is 0 Å². The molecule has 3 rings (SSSR count). The molecular weight excluding hydrogens is 342 g/mol. The van der Waals surface area contributed by atoms with Crippen LogP contribution in [0.5, 0.6) is 5.75 Å². The molecule has 1 aromatic carbocycles. The van der Waals surface area contributed by atoms with E-state index in [2.05, 4.69) is 33.9 Å². The molecule has 0 N–H and O–H groups in total. The molecule has 0 atom stereocenters. The minimum absolute atomic E-state index is 0.00641. The summed E-state index contributed by atoms with van der Waals surface area (Å²) in [6.45, 7) is 9.37. The zero-order valence-electron chi connectivity index (χ0n) is 16.2. The maximum absolute atomic E-state index is 12.7. The van der Waals surface area contributed by atoms with Gasteiger partial charge in [-0.3, -0.25) is 4.79 Å². The standard InChI is InChI=1S/C20H25N5O2/c1-14(2)8-9-24-15(3)10-19(16(24)4)20(26)12-27-18-7-5-6-17(11-18)25-13-21-22-23-25/h5-7,10-11,13-14H,8-9,12H2,1-4H3. The fraction of sp³-hybridized carbons (Fsp3) is 0.400. The molecule has 7 nitrogen and oxygen atoms in total. The Kier molecular flexibility index (Phi) is 5.69. The van der Waals surface area contributed by atoms with Crippen molar-refractivity contribution in [3.8, 4) is 11.4 Å². The maximum atomic E-state index is 12.7. The summed E-state index contributed by atoms with van der Waals surface area (Å²) in [4.78, 5) is 12.7. The predicted molar refractivity (Wildman–Crippen MR) is 102 cm³/mol. The number of tetrazole rings is 1. The van der Waals surface area contributed by atoms with Crippen molar-refractivity contribution in [2.75, 3.05) is 6.61 Å². The molecule has 0 bridgehead atoms. The first-order valence-electron chi connectivity index (χ1n) is 9.12. The summed E-state index contributed by atoms with van der Waals surface area (Å²) in [5.74, 6) is 1.21. The van der Waals surface area contributed by atoms with Gasteiger partial charge in [-0.2, -0.15) is 0 Å². The Labute approximate surface area is 159 Å². The first-order chi connectivity index (χ1) is 13.0. The Morgan fingerprint density at radius 2 is 2.04 bits per heavy atom. The number of Topliss-reactive ketones (excluding diaryl/α,β-unsaturated/α-hetero) is 1. The van der Waals surface area contributed by atoms with Crippen molar-refractivity contribution in [2.45, 2.75) is 40.7 Å². The number of hydrogen-bond acceptors (Lipinski definition) is 5. The van der Waals surface area contributed by atoms with Crippen LogP contribution in [0.1, 0.15) is 42.0 Å². The highest BCUT2D eigenvalue weighted by Gasteiger charge is 2.16. The van der Waals surface area contributed by atoms with E-state index in [1.54, 1.807) is 6.07 Å². The van der Waals surface area contributed by atoms with Crippen molar-refractivity contribution in [2.24, 2.45) is 5.92 Å². The third kappa shape index (κ3) is 4.42. The van der Waals surface area contributed by atoms with E-state index >= 15 is 0 Å². The molecule has 0 fully saturated rings. The fourth-order valence-electron chi connectivity index (χ4n) is 3.04. The van der Waals surface area contributed by atoms with Gasteiger partial charge >= 0.3 is 0 Å². The van der Waals surface area contributed by atoms with Gasteiger partial charge in [0.1, 0.15) is 12.1 Å². The topological polar surface area (TPSA) is 74.8 Å². The Morgan fingerprint density at radius 3 is 2.74 bits per heavy atom. The van der Waals surface area contributed by atoms with E-state index < -0.39 is 0 Å².